The van der Waals surface area contributed by atoms with E-state index in [4.69, 9.17) is 27.9 Å². The zero-order chi connectivity index (χ0) is 21.0. The number of phenolic OH excluding ortho intramolecular Hbond substituents is 1. The molecule has 1 heterocycles. The number of hydrogen-bond donors (Lipinski definition) is 2. The summed E-state index contributed by atoms with van der Waals surface area (Å²) >= 11 is 12.7. The normalized spacial score (nSPS) is 10.6. The molecule has 5 nitrogen and oxygen atoms in total. The maximum Gasteiger partial charge on any atom is 0.257 e. The molecule has 0 aliphatic rings. The van der Waals surface area contributed by atoms with Gasteiger partial charge in [0, 0.05) is 47.5 Å². The van der Waals surface area contributed by atoms with Gasteiger partial charge in [-0.15, -0.1) is 0 Å². The van der Waals surface area contributed by atoms with Crippen LogP contribution in [0.1, 0.15) is 11.1 Å². The lowest BCUT2D eigenvalue weighted by Gasteiger charge is -2.13. The number of carbonyl (C=O) groups excluding carboxylic acids is 1. The zero-order valence-corrected chi connectivity index (χ0v) is 16.9. The fraction of sp³-hybridized carbons (Fsp3) is 0.143. The summed E-state index contributed by atoms with van der Waals surface area (Å²) in [5.74, 6) is -0.716. The van der Waals surface area contributed by atoms with Crippen LogP contribution in [0.3, 0.4) is 0 Å². The number of nitrogens with one attached hydrogen (secondary N) is 1. The van der Waals surface area contributed by atoms with Gasteiger partial charge in [0.15, 0.2) is 6.61 Å². The Morgan fingerprint density at radius 2 is 1.83 bits per heavy atom. The second kappa shape index (κ2) is 9.11. The molecule has 8 heteroatoms. The lowest BCUT2D eigenvalue weighted by molar-refractivity contribution is -0.122. The smallest absolute Gasteiger partial charge is 0.257 e. The predicted octanol–water partition coefficient (Wildman–Crippen LogP) is 4.62. The van der Waals surface area contributed by atoms with Gasteiger partial charge in [0.25, 0.3) is 5.91 Å². The lowest BCUT2D eigenvalue weighted by Crippen LogP contribution is -2.24. The highest BCUT2D eigenvalue weighted by atomic mass is 35.5. The zero-order valence-electron chi connectivity index (χ0n) is 15.4. The maximum absolute atomic E-state index is 14.5. The van der Waals surface area contributed by atoms with Gasteiger partial charge < -0.3 is 15.2 Å². The van der Waals surface area contributed by atoms with Crippen LogP contribution in [0.4, 0.5) is 4.39 Å². The van der Waals surface area contributed by atoms with Crippen molar-refractivity contribution in [3.8, 4) is 22.6 Å². The molecule has 2 aromatic carbocycles. The number of aromatic hydroxyl groups is 1. The molecule has 0 radical (unpaired) electrons. The molecular weight excluding hydrogens is 418 g/mol. The van der Waals surface area contributed by atoms with Crippen molar-refractivity contribution >= 4 is 29.1 Å². The highest BCUT2D eigenvalue weighted by Crippen LogP contribution is 2.36. The van der Waals surface area contributed by atoms with Gasteiger partial charge in [0.05, 0.1) is 0 Å². The Balaban J connectivity index is 1.91. The van der Waals surface area contributed by atoms with Gasteiger partial charge in [-0.1, -0.05) is 23.2 Å². The molecule has 29 heavy (non-hydrogen) atoms. The highest BCUT2D eigenvalue weighted by molar-refractivity contribution is 6.36. The van der Waals surface area contributed by atoms with Gasteiger partial charge in [0.1, 0.15) is 17.3 Å². The maximum atomic E-state index is 14.5. The first-order chi connectivity index (χ1) is 13.9. The summed E-state index contributed by atoms with van der Waals surface area (Å²) in [5, 5.41) is 13.1. The van der Waals surface area contributed by atoms with E-state index in [1.54, 1.807) is 30.6 Å². The molecule has 3 rings (SSSR count). The van der Waals surface area contributed by atoms with E-state index in [0.717, 1.165) is 6.07 Å². The van der Waals surface area contributed by atoms with Crippen molar-refractivity contribution < 1.29 is 19.0 Å². The van der Waals surface area contributed by atoms with E-state index >= 15 is 0 Å². The van der Waals surface area contributed by atoms with Crippen LogP contribution < -0.4 is 10.1 Å². The van der Waals surface area contributed by atoms with Crippen LogP contribution in [-0.2, 0) is 11.2 Å². The summed E-state index contributed by atoms with van der Waals surface area (Å²) in [6, 6.07) is 9.10. The number of carbonyl (C=O) groups is 1. The Bertz CT molecular complexity index is 1020. The number of nitrogens with zero attached hydrogens (tertiary/aromatic N) is 1. The Labute approximate surface area is 177 Å². The molecule has 2 N–H and O–H groups in total. The Morgan fingerprint density at radius 3 is 2.45 bits per heavy atom. The number of aromatic nitrogens is 1. The number of pyridine rings is 1. The van der Waals surface area contributed by atoms with E-state index in [9.17, 15) is 14.3 Å². The van der Waals surface area contributed by atoms with Crippen LogP contribution in [0.15, 0.2) is 48.8 Å². The number of phenols is 1. The SMILES string of the molecule is CNC(=O)COc1cc(Cl)c(Cc2cc(-c3ccncc3)c(O)cc2F)c(Cl)c1. The molecule has 3 aromatic rings. The molecule has 0 atom stereocenters. The largest absolute Gasteiger partial charge is 0.507 e. The third-order valence-corrected chi connectivity index (χ3v) is 4.96. The molecule has 1 aromatic heterocycles. The number of rotatable bonds is 6. The van der Waals surface area contributed by atoms with E-state index in [1.165, 1.54) is 19.2 Å². The number of halogens is 3. The minimum Gasteiger partial charge on any atom is -0.507 e. The number of amides is 1. The Hall–Kier alpha value is -2.83. The molecule has 0 aliphatic carbocycles. The minimum absolute atomic E-state index is 0.109. The number of likely N-dealkylation sites (N-methyl/N-ethyl adjacent to an activating group) is 1. The van der Waals surface area contributed by atoms with Crippen LogP contribution in [0.2, 0.25) is 10.0 Å². The van der Waals surface area contributed by atoms with Crippen LogP contribution in [0.5, 0.6) is 11.5 Å². The number of ether oxygens (including phenoxy) is 1. The van der Waals surface area contributed by atoms with Crippen molar-refractivity contribution in [3.05, 3.63) is 75.8 Å². The van der Waals surface area contributed by atoms with Crippen molar-refractivity contribution in [1.82, 2.24) is 10.3 Å². The highest BCUT2D eigenvalue weighted by Gasteiger charge is 2.16. The average molecular weight is 435 g/mol. The van der Waals surface area contributed by atoms with Crippen LogP contribution in [-0.4, -0.2) is 29.7 Å². The number of hydrogen-bond acceptors (Lipinski definition) is 4. The van der Waals surface area contributed by atoms with Gasteiger partial charge >= 0.3 is 0 Å². The van der Waals surface area contributed by atoms with E-state index in [-0.39, 0.29) is 34.7 Å². The Kier molecular flexibility index (Phi) is 6.56. The fourth-order valence-electron chi connectivity index (χ4n) is 2.75. The monoisotopic (exact) mass is 434 g/mol. The van der Waals surface area contributed by atoms with Gasteiger partial charge in [-0.05, 0) is 47.0 Å². The molecule has 0 spiro atoms. The number of benzene rings is 2. The average Bonchev–Trinajstić information content (AvgIpc) is 2.70. The summed E-state index contributed by atoms with van der Waals surface area (Å²) in [4.78, 5) is 15.3. The minimum atomic E-state index is -0.576. The summed E-state index contributed by atoms with van der Waals surface area (Å²) in [5.41, 5.74) is 2.00. The van der Waals surface area contributed by atoms with Crippen molar-refractivity contribution in [3.63, 3.8) is 0 Å². The first kappa shape index (κ1) is 20.9. The van der Waals surface area contributed by atoms with Crippen molar-refractivity contribution in [1.29, 1.82) is 0 Å². The van der Waals surface area contributed by atoms with E-state index in [1.807, 2.05) is 0 Å². The standard InChI is InChI=1S/C21H17Cl2FN2O3/c1-25-21(28)11-29-14-8-17(22)16(18(23)9-14)7-13-6-15(20(27)10-19(13)24)12-2-4-26-5-3-12/h2-6,8-10,27H,7,11H2,1H3,(H,25,28). The van der Waals surface area contributed by atoms with Crippen molar-refractivity contribution in [2.45, 2.75) is 6.42 Å². The molecule has 0 bridgehead atoms. The Morgan fingerprint density at radius 1 is 1.17 bits per heavy atom. The molecule has 0 aliphatic heterocycles. The fourth-order valence-corrected chi connectivity index (χ4v) is 3.35. The van der Waals surface area contributed by atoms with E-state index in [2.05, 4.69) is 10.3 Å². The van der Waals surface area contributed by atoms with Gasteiger partial charge in [-0.25, -0.2) is 4.39 Å². The molecular formula is C21H17Cl2FN2O3. The summed E-state index contributed by atoms with van der Waals surface area (Å²) < 4.78 is 19.8. The van der Waals surface area contributed by atoms with Gasteiger partial charge in [-0.2, -0.15) is 0 Å². The second-order valence-electron chi connectivity index (χ2n) is 6.20. The van der Waals surface area contributed by atoms with E-state index in [0.29, 0.717) is 28.0 Å². The predicted molar refractivity (Wildman–Crippen MR) is 110 cm³/mol. The topological polar surface area (TPSA) is 71.5 Å². The van der Waals surface area contributed by atoms with Crippen molar-refractivity contribution in [2.24, 2.45) is 0 Å². The molecule has 0 unspecified atom stereocenters. The lowest BCUT2D eigenvalue weighted by atomic mass is 9.98. The van der Waals surface area contributed by atoms with E-state index < -0.39 is 5.82 Å². The van der Waals surface area contributed by atoms with Crippen LogP contribution in [0.25, 0.3) is 11.1 Å². The molecule has 1 amide bonds. The second-order valence-corrected chi connectivity index (χ2v) is 7.02. The molecule has 150 valence electrons. The summed E-state index contributed by atoms with van der Waals surface area (Å²) in [7, 11) is 1.50. The molecule has 0 fully saturated rings. The van der Waals surface area contributed by atoms with Crippen LogP contribution >= 0.6 is 23.2 Å². The third-order valence-electron chi connectivity index (χ3n) is 4.29. The first-order valence-corrected chi connectivity index (χ1v) is 9.37. The van der Waals surface area contributed by atoms with Crippen LogP contribution in [0, 0.1) is 5.82 Å². The van der Waals surface area contributed by atoms with Gasteiger partial charge in [0.2, 0.25) is 0 Å². The quantitative estimate of drug-likeness (QED) is 0.593. The molecule has 0 saturated carbocycles. The molecule has 0 saturated heterocycles. The van der Waals surface area contributed by atoms with Gasteiger partial charge in [-0.3, -0.25) is 9.78 Å². The van der Waals surface area contributed by atoms with Crippen molar-refractivity contribution in [2.75, 3.05) is 13.7 Å². The first-order valence-electron chi connectivity index (χ1n) is 8.62. The third kappa shape index (κ3) is 4.96. The summed E-state index contributed by atoms with van der Waals surface area (Å²) in [6.07, 6.45) is 3.28. The summed E-state index contributed by atoms with van der Waals surface area (Å²) in [6.45, 7) is -0.176.